The number of nitrogens with one attached hydrogen (secondary N) is 1. The molecule has 1 heterocycles. The van der Waals surface area contributed by atoms with Crippen molar-refractivity contribution in [3.8, 4) is 0 Å². The molecular formula is C13H25N3O2. The molecule has 1 aliphatic heterocycles. The van der Waals surface area contributed by atoms with E-state index in [1.165, 1.54) is 0 Å². The lowest BCUT2D eigenvalue weighted by Crippen LogP contribution is -2.55. The highest BCUT2D eigenvalue weighted by Gasteiger charge is 2.45. The molecule has 1 amide bonds. The van der Waals surface area contributed by atoms with Gasteiger partial charge in [-0.25, -0.2) is 0 Å². The van der Waals surface area contributed by atoms with Crippen LogP contribution in [-0.2, 0) is 9.53 Å². The summed E-state index contributed by atoms with van der Waals surface area (Å²) in [6, 6.07) is 0.461. The van der Waals surface area contributed by atoms with E-state index >= 15 is 0 Å². The van der Waals surface area contributed by atoms with Crippen LogP contribution in [0.2, 0.25) is 0 Å². The second-order valence-electron chi connectivity index (χ2n) is 5.55. The number of nitrogens with zero attached hydrogens (tertiary/aromatic N) is 1. The molecule has 3 atom stereocenters. The molecule has 3 unspecified atom stereocenters. The second-order valence-corrected chi connectivity index (χ2v) is 5.55. The van der Waals surface area contributed by atoms with Crippen LogP contribution >= 0.6 is 0 Å². The Morgan fingerprint density at radius 3 is 3.00 bits per heavy atom. The normalized spacial score (nSPS) is 37.9. The molecule has 0 bridgehead atoms. The SMILES string of the molecule is CCNC1(C(N)=O)CCC(N2CCOC(C)C2)C1. The number of primary amides is 1. The standard InChI is InChI=1S/C13H25N3O2/c1-3-15-13(12(14)17)5-4-11(8-13)16-6-7-18-10(2)9-16/h10-11,15H,3-9H2,1-2H3,(H2,14,17). The Hall–Kier alpha value is -0.650. The quantitative estimate of drug-likeness (QED) is 0.747. The van der Waals surface area contributed by atoms with E-state index in [4.69, 9.17) is 10.5 Å². The molecule has 0 aromatic rings. The number of carbonyl (C=O) groups is 1. The first-order valence-electron chi connectivity index (χ1n) is 6.98. The molecule has 1 saturated carbocycles. The Kier molecular flexibility index (Phi) is 4.25. The summed E-state index contributed by atoms with van der Waals surface area (Å²) in [5.41, 5.74) is 5.11. The predicted molar refractivity (Wildman–Crippen MR) is 70.2 cm³/mol. The average Bonchev–Trinajstić information content (AvgIpc) is 2.75. The summed E-state index contributed by atoms with van der Waals surface area (Å²) >= 11 is 0. The van der Waals surface area contributed by atoms with Crippen molar-refractivity contribution in [3.05, 3.63) is 0 Å². The fourth-order valence-electron chi connectivity index (χ4n) is 3.32. The monoisotopic (exact) mass is 255 g/mol. The van der Waals surface area contributed by atoms with Crippen LogP contribution in [-0.4, -0.2) is 54.7 Å². The van der Waals surface area contributed by atoms with Crippen LogP contribution in [0.15, 0.2) is 0 Å². The van der Waals surface area contributed by atoms with Crippen LogP contribution in [0.25, 0.3) is 0 Å². The van der Waals surface area contributed by atoms with Gasteiger partial charge < -0.3 is 15.8 Å². The molecular weight excluding hydrogens is 230 g/mol. The summed E-state index contributed by atoms with van der Waals surface area (Å²) in [4.78, 5) is 14.2. The summed E-state index contributed by atoms with van der Waals surface area (Å²) in [7, 11) is 0. The molecule has 104 valence electrons. The number of amides is 1. The first-order chi connectivity index (χ1) is 8.57. The molecule has 18 heavy (non-hydrogen) atoms. The van der Waals surface area contributed by atoms with E-state index < -0.39 is 5.54 Å². The number of likely N-dealkylation sites (N-methyl/N-ethyl adjacent to an activating group) is 1. The molecule has 5 nitrogen and oxygen atoms in total. The number of hydrogen-bond donors (Lipinski definition) is 2. The van der Waals surface area contributed by atoms with Crippen molar-refractivity contribution in [2.75, 3.05) is 26.2 Å². The van der Waals surface area contributed by atoms with E-state index in [9.17, 15) is 4.79 Å². The van der Waals surface area contributed by atoms with E-state index in [0.29, 0.717) is 12.1 Å². The second kappa shape index (κ2) is 5.55. The van der Waals surface area contributed by atoms with Gasteiger partial charge in [0.2, 0.25) is 5.91 Å². The van der Waals surface area contributed by atoms with Gasteiger partial charge in [0, 0.05) is 19.1 Å². The minimum absolute atomic E-state index is 0.201. The largest absolute Gasteiger partial charge is 0.376 e. The molecule has 2 fully saturated rings. The van der Waals surface area contributed by atoms with Crippen molar-refractivity contribution in [2.45, 2.75) is 50.8 Å². The third kappa shape index (κ3) is 2.68. The summed E-state index contributed by atoms with van der Waals surface area (Å²) in [6.45, 7) is 7.64. The number of carbonyl (C=O) groups excluding carboxylic acids is 1. The Morgan fingerprint density at radius 1 is 1.61 bits per heavy atom. The molecule has 1 saturated heterocycles. The van der Waals surface area contributed by atoms with E-state index in [2.05, 4.69) is 17.1 Å². The summed E-state index contributed by atoms with van der Waals surface area (Å²) in [5.74, 6) is -0.201. The van der Waals surface area contributed by atoms with Gasteiger partial charge in [0.25, 0.3) is 0 Å². The first-order valence-corrected chi connectivity index (χ1v) is 6.98. The fraction of sp³-hybridized carbons (Fsp3) is 0.923. The molecule has 1 aliphatic carbocycles. The highest BCUT2D eigenvalue weighted by Crippen LogP contribution is 2.33. The van der Waals surface area contributed by atoms with Gasteiger partial charge >= 0.3 is 0 Å². The number of ether oxygens (including phenoxy) is 1. The molecule has 5 heteroatoms. The highest BCUT2D eigenvalue weighted by molar-refractivity contribution is 5.85. The molecule has 0 aromatic carbocycles. The van der Waals surface area contributed by atoms with Crippen molar-refractivity contribution < 1.29 is 9.53 Å². The van der Waals surface area contributed by atoms with Gasteiger partial charge in [0.05, 0.1) is 18.2 Å². The zero-order valence-electron chi connectivity index (χ0n) is 11.4. The third-order valence-electron chi connectivity index (χ3n) is 4.26. The van der Waals surface area contributed by atoms with Gasteiger partial charge in [-0.05, 0) is 32.7 Å². The van der Waals surface area contributed by atoms with Crippen LogP contribution in [0.1, 0.15) is 33.1 Å². The zero-order chi connectivity index (χ0) is 13.2. The Labute approximate surface area is 109 Å². The molecule has 2 aliphatic rings. The maximum atomic E-state index is 11.7. The zero-order valence-corrected chi connectivity index (χ0v) is 11.4. The van der Waals surface area contributed by atoms with E-state index in [1.54, 1.807) is 0 Å². The highest BCUT2D eigenvalue weighted by atomic mass is 16.5. The fourth-order valence-corrected chi connectivity index (χ4v) is 3.32. The molecule has 0 spiro atoms. The minimum Gasteiger partial charge on any atom is -0.376 e. The Bertz CT molecular complexity index is 311. The maximum absolute atomic E-state index is 11.7. The number of morpholine rings is 1. The van der Waals surface area contributed by atoms with Crippen molar-refractivity contribution in [3.63, 3.8) is 0 Å². The lowest BCUT2D eigenvalue weighted by Gasteiger charge is -2.36. The Balaban J connectivity index is 1.99. The lowest BCUT2D eigenvalue weighted by molar-refractivity contribution is -0.124. The van der Waals surface area contributed by atoms with Gasteiger partial charge in [-0.2, -0.15) is 0 Å². The maximum Gasteiger partial charge on any atom is 0.237 e. The number of rotatable bonds is 4. The smallest absolute Gasteiger partial charge is 0.237 e. The average molecular weight is 255 g/mol. The topological polar surface area (TPSA) is 67.6 Å². The molecule has 3 N–H and O–H groups in total. The van der Waals surface area contributed by atoms with Gasteiger partial charge in [0.15, 0.2) is 0 Å². The van der Waals surface area contributed by atoms with Gasteiger partial charge in [-0.1, -0.05) is 6.92 Å². The van der Waals surface area contributed by atoms with E-state index in [1.807, 2.05) is 6.92 Å². The van der Waals surface area contributed by atoms with Crippen LogP contribution in [0.4, 0.5) is 0 Å². The van der Waals surface area contributed by atoms with Crippen molar-refractivity contribution in [1.29, 1.82) is 0 Å². The molecule has 0 aromatic heterocycles. The molecule has 2 rings (SSSR count). The number of hydrogen-bond acceptors (Lipinski definition) is 4. The number of nitrogens with two attached hydrogens (primary N) is 1. The van der Waals surface area contributed by atoms with Crippen LogP contribution in [0.3, 0.4) is 0 Å². The van der Waals surface area contributed by atoms with E-state index in [-0.39, 0.29) is 5.91 Å². The van der Waals surface area contributed by atoms with Crippen LogP contribution < -0.4 is 11.1 Å². The Morgan fingerprint density at radius 2 is 2.39 bits per heavy atom. The van der Waals surface area contributed by atoms with Crippen molar-refractivity contribution in [1.82, 2.24) is 10.2 Å². The summed E-state index contributed by atoms with van der Waals surface area (Å²) < 4.78 is 5.57. The predicted octanol–water partition coefficient (Wildman–Crippen LogP) is 0.0932. The summed E-state index contributed by atoms with van der Waals surface area (Å²) in [6.07, 6.45) is 3.03. The van der Waals surface area contributed by atoms with E-state index in [0.717, 1.165) is 45.5 Å². The van der Waals surface area contributed by atoms with Crippen molar-refractivity contribution >= 4 is 5.91 Å². The minimum atomic E-state index is -0.485. The first kappa shape index (κ1) is 13.8. The van der Waals surface area contributed by atoms with Gasteiger partial charge in [-0.3, -0.25) is 9.69 Å². The van der Waals surface area contributed by atoms with Crippen molar-refractivity contribution in [2.24, 2.45) is 5.73 Å². The van der Waals surface area contributed by atoms with Gasteiger partial charge in [0.1, 0.15) is 0 Å². The van der Waals surface area contributed by atoms with Gasteiger partial charge in [-0.15, -0.1) is 0 Å². The summed E-state index contributed by atoms with van der Waals surface area (Å²) in [5, 5.41) is 3.31. The van der Waals surface area contributed by atoms with Crippen LogP contribution in [0, 0.1) is 0 Å². The van der Waals surface area contributed by atoms with Crippen LogP contribution in [0.5, 0.6) is 0 Å². The lowest BCUT2D eigenvalue weighted by atomic mass is 9.96. The third-order valence-corrected chi connectivity index (χ3v) is 4.26. The molecule has 0 radical (unpaired) electrons.